The van der Waals surface area contributed by atoms with Gasteiger partial charge in [0.2, 0.25) is 12.3 Å². The normalized spacial score (nSPS) is 11.7. The summed E-state index contributed by atoms with van der Waals surface area (Å²) in [6.45, 7) is 6.65. The highest BCUT2D eigenvalue weighted by atomic mass is 35.5. The molecule has 0 aliphatic heterocycles. The first-order valence-corrected chi connectivity index (χ1v) is 13.0. The summed E-state index contributed by atoms with van der Waals surface area (Å²) in [6, 6.07) is 2.44. The second kappa shape index (κ2) is 15.6. The zero-order valence-electron chi connectivity index (χ0n) is 23.3. The SMILES string of the molecule is C=NN(CC(=O)Nc1ccc(C(F)(F)F)cc1Cl)C(=O)/C(=C(/CC)NC)N(CCNC=O)CCc1ncnc(C)c1O. The van der Waals surface area contributed by atoms with Gasteiger partial charge in [-0.05, 0) is 31.5 Å². The highest BCUT2D eigenvalue weighted by Crippen LogP contribution is 2.33. The number of benzene rings is 1. The zero-order valence-corrected chi connectivity index (χ0v) is 24.0. The van der Waals surface area contributed by atoms with Gasteiger partial charge in [-0.3, -0.25) is 14.4 Å². The second-order valence-corrected chi connectivity index (χ2v) is 9.15. The number of hydrogen-bond acceptors (Lipinski definition) is 9. The van der Waals surface area contributed by atoms with Crippen molar-refractivity contribution < 1.29 is 32.7 Å². The number of carbonyl (C=O) groups is 3. The molecule has 228 valence electrons. The summed E-state index contributed by atoms with van der Waals surface area (Å²) < 4.78 is 38.9. The third-order valence-corrected chi connectivity index (χ3v) is 6.35. The quantitative estimate of drug-likeness (QED) is 0.0788. The molecule has 4 N–H and O–H groups in total. The molecule has 2 rings (SSSR count). The number of nitrogens with one attached hydrogen (secondary N) is 3. The fourth-order valence-corrected chi connectivity index (χ4v) is 4.11. The van der Waals surface area contributed by atoms with Crippen LogP contribution < -0.4 is 16.0 Å². The number of anilines is 1. The number of halogens is 4. The fraction of sp³-hybridized carbons (Fsp3) is 0.385. The van der Waals surface area contributed by atoms with Crippen molar-refractivity contribution in [3.05, 3.63) is 57.9 Å². The lowest BCUT2D eigenvalue weighted by Crippen LogP contribution is -2.43. The van der Waals surface area contributed by atoms with Crippen molar-refractivity contribution in [3.8, 4) is 5.75 Å². The Morgan fingerprint density at radius 2 is 1.95 bits per heavy atom. The van der Waals surface area contributed by atoms with E-state index in [0.29, 0.717) is 36.0 Å². The molecule has 0 unspecified atom stereocenters. The number of aromatic hydroxyl groups is 1. The Morgan fingerprint density at radius 1 is 1.24 bits per heavy atom. The monoisotopic (exact) mass is 612 g/mol. The van der Waals surface area contributed by atoms with Crippen molar-refractivity contribution in [2.24, 2.45) is 5.10 Å². The molecule has 1 heterocycles. The minimum Gasteiger partial charge on any atom is -0.504 e. The standard InChI is InChI=1S/C26H32ClF3N8O4/c1-5-19(31-3)23(37(11-9-33-15-39)10-8-21-24(41)16(2)34-14-35-21)25(42)38(32-4)13-22(40)36-20-7-6-17(12-18(20)27)26(28,29)30/h6-7,12,14-15,31,41H,4-5,8-11,13H2,1-3H3,(H,33,39)(H,36,40)/b23-19+. The third-order valence-electron chi connectivity index (χ3n) is 6.04. The van der Waals surface area contributed by atoms with Crippen LogP contribution in [0.1, 0.15) is 30.3 Å². The van der Waals surface area contributed by atoms with E-state index in [4.69, 9.17) is 11.6 Å². The Labute approximate surface area is 245 Å². The number of rotatable bonds is 15. The van der Waals surface area contributed by atoms with Gasteiger partial charge in [0.1, 0.15) is 18.6 Å². The number of hydrogen-bond donors (Lipinski definition) is 4. The van der Waals surface area contributed by atoms with Crippen molar-refractivity contribution >= 4 is 42.2 Å². The van der Waals surface area contributed by atoms with E-state index in [1.54, 1.807) is 25.8 Å². The van der Waals surface area contributed by atoms with Crippen LogP contribution in [0.3, 0.4) is 0 Å². The van der Waals surface area contributed by atoms with E-state index >= 15 is 0 Å². The van der Waals surface area contributed by atoms with E-state index in [1.807, 2.05) is 0 Å². The smallest absolute Gasteiger partial charge is 0.416 e. The average Bonchev–Trinajstić information content (AvgIpc) is 2.94. The summed E-state index contributed by atoms with van der Waals surface area (Å²) in [5.74, 6) is -1.61. The van der Waals surface area contributed by atoms with Crippen LogP contribution in [0, 0.1) is 6.92 Å². The topological polar surface area (TPSA) is 152 Å². The Bertz CT molecular complexity index is 1320. The molecule has 16 heteroatoms. The van der Waals surface area contributed by atoms with E-state index in [9.17, 15) is 32.7 Å². The Morgan fingerprint density at radius 3 is 2.52 bits per heavy atom. The Hall–Kier alpha value is -4.40. The van der Waals surface area contributed by atoms with Crippen molar-refractivity contribution in [1.82, 2.24) is 30.5 Å². The largest absolute Gasteiger partial charge is 0.504 e. The zero-order chi connectivity index (χ0) is 31.4. The van der Waals surface area contributed by atoms with Gasteiger partial charge < -0.3 is 26.0 Å². The molecule has 0 spiro atoms. The molecule has 0 fully saturated rings. The minimum atomic E-state index is -4.62. The fourth-order valence-electron chi connectivity index (χ4n) is 3.88. The summed E-state index contributed by atoms with van der Waals surface area (Å²) in [5, 5.41) is 22.4. The van der Waals surface area contributed by atoms with Gasteiger partial charge in [-0.25, -0.2) is 15.0 Å². The molecule has 12 nitrogen and oxygen atoms in total. The molecule has 3 amide bonds. The van der Waals surface area contributed by atoms with Gasteiger partial charge >= 0.3 is 6.18 Å². The number of alkyl halides is 3. The Balaban J connectivity index is 2.34. The van der Waals surface area contributed by atoms with Crippen molar-refractivity contribution in [2.75, 3.05) is 38.5 Å². The number of aromatic nitrogens is 2. The molecular formula is C26H32ClF3N8O4. The molecule has 0 bridgehead atoms. The van der Waals surface area contributed by atoms with Gasteiger partial charge in [0.05, 0.1) is 27.7 Å². The van der Waals surface area contributed by atoms with Crippen LogP contribution in [0.5, 0.6) is 5.75 Å². The highest BCUT2D eigenvalue weighted by molar-refractivity contribution is 6.33. The van der Waals surface area contributed by atoms with Crippen LogP contribution in [-0.4, -0.2) is 83.2 Å². The molecular weight excluding hydrogens is 581 g/mol. The van der Waals surface area contributed by atoms with E-state index in [0.717, 1.165) is 17.1 Å². The van der Waals surface area contributed by atoms with E-state index in [2.05, 4.69) is 37.7 Å². The highest BCUT2D eigenvalue weighted by Gasteiger charge is 2.31. The average molecular weight is 613 g/mol. The van der Waals surface area contributed by atoms with Gasteiger partial charge in [-0.1, -0.05) is 18.5 Å². The maximum absolute atomic E-state index is 13.8. The molecule has 2 aromatic rings. The second-order valence-electron chi connectivity index (χ2n) is 8.74. The molecule has 0 aliphatic carbocycles. The molecule has 42 heavy (non-hydrogen) atoms. The summed E-state index contributed by atoms with van der Waals surface area (Å²) in [6.07, 6.45) is -2.24. The van der Waals surface area contributed by atoms with Crippen molar-refractivity contribution in [3.63, 3.8) is 0 Å². The molecule has 0 aliphatic rings. The van der Waals surface area contributed by atoms with Crippen LogP contribution >= 0.6 is 11.6 Å². The molecule has 0 saturated carbocycles. The lowest BCUT2D eigenvalue weighted by molar-refractivity contribution is -0.137. The first-order valence-electron chi connectivity index (χ1n) is 12.6. The van der Waals surface area contributed by atoms with Crippen LogP contribution in [0.2, 0.25) is 5.02 Å². The number of aryl methyl sites for hydroxylation is 1. The van der Waals surface area contributed by atoms with Crippen LogP contribution in [-0.2, 0) is 27.0 Å². The van der Waals surface area contributed by atoms with E-state index < -0.39 is 30.1 Å². The lowest BCUT2D eigenvalue weighted by atomic mass is 10.1. The molecule has 1 aromatic heterocycles. The predicted molar refractivity (Wildman–Crippen MR) is 150 cm³/mol. The van der Waals surface area contributed by atoms with Crippen LogP contribution in [0.15, 0.2) is 41.0 Å². The van der Waals surface area contributed by atoms with Gasteiger partial charge in [0.15, 0.2) is 5.75 Å². The van der Waals surface area contributed by atoms with Gasteiger partial charge in [-0.2, -0.15) is 18.3 Å². The molecule has 1 aromatic carbocycles. The maximum atomic E-state index is 13.8. The third kappa shape index (κ3) is 9.06. The number of allylic oxidation sites excluding steroid dienone is 1. The van der Waals surface area contributed by atoms with Crippen LogP contribution in [0.25, 0.3) is 0 Å². The molecule has 0 saturated heterocycles. The lowest BCUT2D eigenvalue weighted by Gasteiger charge is -2.31. The summed E-state index contributed by atoms with van der Waals surface area (Å²) in [5.41, 5.74) is 0.245. The first kappa shape index (κ1) is 33.8. The van der Waals surface area contributed by atoms with E-state index in [1.165, 1.54) is 6.33 Å². The van der Waals surface area contributed by atoms with Gasteiger partial charge in [0.25, 0.3) is 5.91 Å². The van der Waals surface area contributed by atoms with Crippen LogP contribution in [0.4, 0.5) is 18.9 Å². The first-order chi connectivity index (χ1) is 19.9. The van der Waals surface area contributed by atoms with Crippen molar-refractivity contribution in [1.29, 1.82) is 0 Å². The summed E-state index contributed by atoms with van der Waals surface area (Å²) in [7, 11) is 1.61. The molecule has 0 atom stereocenters. The Kier molecular flexibility index (Phi) is 12.5. The summed E-state index contributed by atoms with van der Waals surface area (Å²) in [4.78, 5) is 47.2. The number of nitrogens with zero attached hydrogens (tertiary/aromatic N) is 5. The predicted octanol–water partition coefficient (Wildman–Crippen LogP) is 2.68. The number of carbonyl (C=O) groups excluding carboxylic acids is 3. The number of hydrazone groups is 1. The summed E-state index contributed by atoms with van der Waals surface area (Å²) >= 11 is 5.94. The minimum absolute atomic E-state index is 0.0855. The maximum Gasteiger partial charge on any atom is 0.416 e. The molecule has 0 radical (unpaired) electrons. The van der Waals surface area contributed by atoms with Crippen molar-refractivity contribution in [2.45, 2.75) is 32.9 Å². The van der Waals surface area contributed by atoms with Gasteiger partial charge in [-0.15, -0.1) is 0 Å². The van der Waals surface area contributed by atoms with E-state index in [-0.39, 0.29) is 48.2 Å². The number of amides is 3. The van der Waals surface area contributed by atoms with Gasteiger partial charge in [0, 0.05) is 45.5 Å².